The Balaban J connectivity index is 2.05. The molecule has 0 spiro atoms. The summed E-state index contributed by atoms with van der Waals surface area (Å²) in [7, 11) is 0. The average molecular weight is 401 g/mol. The van der Waals surface area contributed by atoms with Crippen LogP contribution in [0, 0.1) is 0 Å². The largest absolute Gasteiger partial charge is 0.0654 e. The number of halogens is 1. The Labute approximate surface area is 163 Å². The van der Waals surface area contributed by atoms with E-state index in [1.807, 2.05) is 0 Å². The van der Waals surface area contributed by atoms with E-state index in [1.165, 1.54) is 71.7 Å². The lowest BCUT2D eigenvalue weighted by Crippen LogP contribution is -1.98. The van der Waals surface area contributed by atoms with E-state index in [0.29, 0.717) is 5.92 Å². The van der Waals surface area contributed by atoms with Crippen LogP contribution in [-0.4, -0.2) is 0 Å². The first-order valence-electron chi connectivity index (χ1n) is 10.1. The molecule has 0 nitrogen and oxygen atoms in total. The minimum atomic E-state index is 0.714. The van der Waals surface area contributed by atoms with E-state index in [2.05, 4.69) is 79.2 Å². The summed E-state index contributed by atoms with van der Waals surface area (Å²) in [6, 6.07) is 16.0. The molecule has 25 heavy (non-hydrogen) atoms. The van der Waals surface area contributed by atoms with Gasteiger partial charge >= 0.3 is 0 Å². The number of hydrogen-bond acceptors (Lipinski definition) is 0. The lowest BCUT2D eigenvalue weighted by molar-refractivity contribution is 0.535. The van der Waals surface area contributed by atoms with Crippen LogP contribution in [0.1, 0.15) is 82.8 Å². The van der Waals surface area contributed by atoms with Gasteiger partial charge in [-0.05, 0) is 59.6 Å². The van der Waals surface area contributed by atoms with Crippen molar-refractivity contribution in [3.8, 4) is 11.1 Å². The van der Waals surface area contributed by atoms with Crippen LogP contribution >= 0.6 is 15.9 Å². The fourth-order valence-electron chi connectivity index (χ4n) is 3.67. The van der Waals surface area contributed by atoms with Crippen LogP contribution in [-0.2, 0) is 6.42 Å². The standard InChI is InChI=1S/C24H33Br/c1-4-7-8-9-10-11-19(5-2)21-12-14-22(15-13-21)24-17-16-23(25)18-20(24)6-3/h12-19H,4-11H2,1-3H3. The predicted molar refractivity (Wildman–Crippen MR) is 115 cm³/mol. The highest BCUT2D eigenvalue weighted by atomic mass is 79.9. The molecule has 0 aliphatic carbocycles. The molecule has 2 aromatic rings. The number of hydrogen-bond donors (Lipinski definition) is 0. The molecule has 0 saturated carbocycles. The second-order valence-corrected chi connectivity index (χ2v) is 8.00. The summed E-state index contributed by atoms with van der Waals surface area (Å²) >= 11 is 3.59. The summed E-state index contributed by atoms with van der Waals surface area (Å²) in [5.74, 6) is 0.714. The maximum absolute atomic E-state index is 3.59. The van der Waals surface area contributed by atoms with Crippen molar-refractivity contribution in [1.29, 1.82) is 0 Å². The Morgan fingerprint density at radius 1 is 0.840 bits per heavy atom. The zero-order valence-corrected chi connectivity index (χ0v) is 17.7. The SMILES string of the molecule is CCCCCCCC(CC)c1ccc(-c2ccc(Br)cc2CC)cc1. The highest BCUT2D eigenvalue weighted by Gasteiger charge is 2.10. The average Bonchev–Trinajstić information content (AvgIpc) is 2.65. The molecule has 2 rings (SSSR count). The van der Waals surface area contributed by atoms with E-state index in [0.717, 1.165) is 6.42 Å². The van der Waals surface area contributed by atoms with Gasteiger partial charge in [0.25, 0.3) is 0 Å². The molecule has 0 aliphatic heterocycles. The quantitative estimate of drug-likeness (QED) is 0.350. The van der Waals surface area contributed by atoms with Gasteiger partial charge in [-0.1, -0.05) is 99.1 Å². The monoisotopic (exact) mass is 400 g/mol. The Bertz CT molecular complexity index is 627. The Hall–Kier alpha value is -1.08. The molecule has 0 saturated heterocycles. The van der Waals surface area contributed by atoms with Gasteiger partial charge in [0.05, 0.1) is 0 Å². The summed E-state index contributed by atoms with van der Waals surface area (Å²) in [4.78, 5) is 0. The van der Waals surface area contributed by atoms with Crippen molar-refractivity contribution in [2.45, 2.75) is 78.1 Å². The van der Waals surface area contributed by atoms with Crippen LogP contribution < -0.4 is 0 Å². The third kappa shape index (κ3) is 5.99. The second-order valence-electron chi connectivity index (χ2n) is 7.09. The molecule has 1 heteroatoms. The van der Waals surface area contributed by atoms with Gasteiger partial charge in [0, 0.05) is 4.47 Å². The summed E-state index contributed by atoms with van der Waals surface area (Å²) in [6.07, 6.45) is 10.5. The van der Waals surface area contributed by atoms with Crippen LogP contribution in [0.5, 0.6) is 0 Å². The van der Waals surface area contributed by atoms with E-state index >= 15 is 0 Å². The van der Waals surface area contributed by atoms with Crippen molar-refractivity contribution in [2.24, 2.45) is 0 Å². The third-order valence-electron chi connectivity index (χ3n) is 5.29. The van der Waals surface area contributed by atoms with Gasteiger partial charge in [-0.2, -0.15) is 0 Å². The van der Waals surface area contributed by atoms with E-state index < -0.39 is 0 Å². The van der Waals surface area contributed by atoms with Crippen molar-refractivity contribution in [3.63, 3.8) is 0 Å². The Morgan fingerprint density at radius 3 is 2.20 bits per heavy atom. The fraction of sp³-hybridized carbons (Fsp3) is 0.500. The van der Waals surface area contributed by atoms with Gasteiger partial charge in [-0.15, -0.1) is 0 Å². The molecule has 1 atom stereocenters. The topological polar surface area (TPSA) is 0 Å². The minimum Gasteiger partial charge on any atom is -0.0654 e. The van der Waals surface area contributed by atoms with Gasteiger partial charge in [0.2, 0.25) is 0 Å². The van der Waals surface area contributed by atoms with E-state index in [4.69, 9.17) is 0 Å². The number of benzene rings is 2. The summed E-state index contributed by atoms with van der Waals surface area (Å²) < 4.78 is 1.17. The van der Waals surface area contributed by atoms with Gasteiger partial charge in [0.1, 0.15) is 0 Å². The van der Waals surface area contributed by atoms with Gasteiger partial charge in [-0.3, -0.25) is 0 Å². The zero-order chi connectivity index (χ0) is 18.1. The number of unbranched alkanes of at least 4 members (excludes halogenated alkanes) is 4. The Morgan fingerprint density at radius 2 is 1.56 bits per heavy atom. The molecular formula is C24H33Br. The molecule has 0 aliphatic rings. The normalized spacial score (nSPS) is 12.3. The van der Waals surface area contributed by atoms with Crippen molar-refractivity contribution in [2.75, 3.05) is 0 Å². The smallest absolute Gasteiger partial charge is 0.0178 e. The molecule has 0 amide bonds. The summed E-state index contributed by atoms with van der Waals surface area (Å²) in [6.45, 7) is 6.84. The first-order valence-corrected chi connectivity index (χ1v) is 10.9. The maximum Gasteiger partial charge on any atom is 0.0178 e. The minimum absolute atomic E-state index is 0.714. The highest BCUT2D eigenvalue weighted by Crippen LogP contribution is 2.31. The summed E-state index contributed by atoms with van der Waals surface area (Å²) in [5.41, 5.74) is 5.62. The van der Waals surface area contributed by atoms with Crippen molar-refractivity contribution < 1.29 is 0 Å². The van der Waals surface area contributed by atoms with Crippen molar-refractivity contribution in [1.82, 2.24) is 0 Å². The van der Waals surface area contributed by atoms with Crippen molar-refractivity contribution in [3.05, 3.63) is 58.1 Å². The molecule has 0 aromatic heterocycles. The molecular weight excluding hydrogens is 368 g/mol. The van der Waals surface area contributed by atoms with E-state index in [-0.39, 0.29) is 0 Å². The van der Waals surface area contributed by atoms with Crippen LogP contribution in [0.3, 0.4) is 0 Å². The molecule has 0 bridgehead atoms. The van der Waals surface area contributed by atoms with Gasteiger partial charge in [-0.25, -0.2) is 0 Å². The van der Waals surface area contributed by atoms with Crippen LogP contribution in [0.4, 0.5) is 0 Å². The first-order chi connectivity index (χ1) is 12.2. The van der Waals surface area contributed by atoms with Crippen LogP contribution in [0.15, 0.2) is 46.9 Å². The number of aryl methyl sites for hydroxylation is 1. The zero-order valence-electron chi connectivity index (χ0n) is 16.2. The van der Waals surface area contributed by atoms with Gasteiger partial charge in [0.15, 0.2) is 0 Å². The van der Waals surface area contributed by atoms with Crippen molar-refractivity contribution >= 4 is 15.9 Å². The lowest BCUT2D eigenvalue weighted by Gasteiger charge is -2.16. The first kappa shape index (κ1) is 20.2. The van der Waals surface area contributed by atoms with Gasteiger partial charge < -0.3 is 0 Å². The van der Waals surface area contributed by atoms with Crippen LogP contribution in [0.2, 0.25) is 0 Å². The fourth-order valence-corrected chi connectivity index (χ4v) is 4.08. The van der Waals surface area contributed by atoms with E-state index in [9.17, 15) is 0 Å². The molecule has 136 valence electrons. The molecule has 0 fully saturated rings. The molecule has 0 heterocycles. The highest BCUT2D eigenvalue weighted by molar-refractivity contribution is 9.10. The molecule has 0 radical (unpaired) electrons. The van der Waals surface area contributed by atoms with Crippen LogP contribution in [0.25, 0.3) is 11.1 Å². The molecule has 2 aromatic carbocycles. The van der Waals surface area contributed by atoms with E-state index in [1.54, 1.807) is 0 Å². The second kappa shape index (κ2) is 10.8. The predicted octanol–water partition coefficient (Wildman–Crippen LogP) is 8.53. The molecule has 0 N–H and O–H groups in total. The lowest BCUT2D eigenvalue weighted by atomic mass is 9.89. The summed E-state index contributed by atoms with van der Waals surface area (Å²) in [5, 5.41) is 0. The molecule has 1 unspecified atom stereocenters. The Kier molecular flexibility index (Phi) is 8.75. The maximum atomic E-state index is 3.59. The third-order valence-corrected chi connectivity index (χ3v) is 5.78. The number of rotatable bonds is 10.